The van der Waals surface area contributed by atoms with Crippen LogP contribution in [0, 0.1) is 0 Å². The third-order valence-corrected chi connectivity index (χ3v) is 5.22. The molecule has 2 aromatic heterocycles. The molecule has 32 heavy (non-hydrogen) atoms. The maximum absolute atomic E-state index is 13.0. The Morgan fingerprint density at radius 1 is 1.03 bits per heavy atom. The number of anilines is 1. The molecule has 0 aliphatic carbocycles. The first-order valence-electron chi connectivity index (χ1n) is 10.2. The number of hydrogen-bond acceptors (Lipinski definition) is 5. The Bertz CT molecular complexity index is 1340. The van der Waals surface area contributed by atoms with E-state index in [9.17, 15) is 9.59 Å². The predicted molar refractivity (Wildman–Crippen MR) is 122 cm³/mol. The third-order valence-electron chi connectivity index (χ3n) is 5.22. The van der Waals surface area contributed by atoms with Crippen molar-refractivity contribution in [3.8, 4) is 22.8 Å². The summed E-state index contributed by atoms with van der Waals surface area (Å²) in [4.78, 5) is 25.5. The van der Waals surface area contributed by atoms with Crippen LogP contribution in [0.4, 0.5) is 5.69 Å². The number of aryl methyl sites for hydroxylation is 1. The Morgan fingerprint density at radius 2 is 1.84 bits per heavy atom. The van der Waals surface area contributed by atoms with Gasteiger partial charge in [0.1, 0.15) is 12.1 Å². The van der Waals surface area contributed by atoms with Gasteiger partial charge in [-0.05, 0) is 48.4 Å². The summed E-state index contributed by atoms with van der Waals surface area (Å²) in [6, 6.07) is 14.8. The van der Waals surface area contributed by atoms with Crippen molar-refractivity contribution in [2.24, 2.45) is 0 Å². The summed E-state index contributed by atoms with van der Waals surface area (Å²) in [5.41, 5.74) is 3.31. The Hall–Kier alpha value is -4.07. The second kappa shape index (κ2) is 8.97. The summed E-state index contributed by atoms with van der Waals surface area (Å²) >= 11 is 0. The average molecular weight is 432 g/mol. The lowest BCUT2D eigenvalue weighted by Gasteiger charge is -2.08. The van der Waals surface area contributed by atoms with Crippen molar-refractivity contribution in [1.82, 2.24) is 14.2 Å². The van der Waals surface area contributed by atoms with E-state index < -0.39 is 0 Å². The van der Waals surface area contributed by atoms with E-state index in [1.807, 2.05) is 30.3 Å². The van der Waals surface area contributed by atoms with Crippen LogP contribution in [-0.2, 0) is 17.8 Å². The SMILES string of the molecule is CCc1cccc(NC(=O)Cn2ccn3nc(-c4ccc(OC)c(OC)c4)cc3c2=O)c1. The van der Waals surface area contributed by atoms with Crippen LogP contribution in [0.25, 0.3) is 16.8 Å². The lowest BCUT2D eigenvalue weighted by atomic mass is 10.1. The maximum Gasteiger partial charge on any atom is 0.277 e. The molecule has 164 valence electrons. The number of amides is 1. The number of aromatic nitrogens is 3. The van der Waals surface area contributed by atoms with E-state index in [4.69, 9.17) is 9.47 Å². The average Bonchev–Trinajstić information content (AvgIpc) is 3.25. The Morgan fingerprint density at radius 3 is 2.59 bits per heavy atom. The molecule has 0 aliphatic rings. The molecule has 0 atom stereocenters. The van der Waals surface area contributed by atoms with Crippen molar-refractivity contribution < 1.29 is 14.3 Å². The molecule has 0 fully saturated rings. The number of nitrogens with one attached hydrogen (secondary N) is 1. The highest BCUT2D eigenvalue weighted by atomic mass is 16.5. The van der Waals surface area contributed by atoms with Gasteiger partial charge in [-0.15, -0.1) is 0 Å². The molecule has 4 rings (SSSR count). The molecule has 2 aromatic carbocycles. The van der Waals surface area contributed by atoms with Gasteiger partial charge >= 0.3 is 0 Å². The van der Waals surface area contributed by atoms with E-state index in [-0.39, 0.29) is 18.0 Å². The standard InChI is InChI=1S/C24H24N4O4/c1-4-16-6-5-7-18(12-16)25-23(29)15-27-10-11-28-20(24(27)30)14-19(26-28)17-8-9-21(31-2)22(13-17)32-3/h5-14H,4,15H2,1-3H3,(H,25,29). The van der Waals surface area contributed by atoms with Gasteiger partial charge in [-0.25, -0.2) is 4.52 Å². The van der Waals surface area contributed by atoms with Gasteiger partial charge < -0.3 is 19.4 Å². The Kier molecular flexibility index (Phi) is 5.93. The minimum Gasteiger partial charge on any atom is -0.493 e. The first-order valence-corrected chi connectivity index (χ1v) is 10.2. The van der Waals surface area contributed by atoms with Crippen LogP contribution in [0.5, 0.6) is 11.5 Å². The van der Waals surface area contributed by atoms with Crippen LogP contribution < -0.4 is 20.3 Å². The molecule has 8 heteroatoms. The predicted octanol–water partition coefficient (Wildman–Crippen LogP) is 3.38. The van der Waals surface area contributed by atoms with Gasteiger partial charge in [0.15, 0.2) is 11.5 Å². The summed E-state index contributed by atoms with van der Waals surface area (Å²) in [5, 5.41) is 7.34. The number of fused-ring (bicyclic) bond motifs is 1. The van der Waals surface area contributed by atoms with E-state index in [1.165, 1.54) is 9.08 Å². The third kappa shape index (κ3) is 4.20. The van der Waals surface area contributed by atoms with Gasteiger partial charge in [0, 0.05) is 23.6 Å². The second-order valence-corrected chi connectivity index (χ2v) is 7.26. The fraction of sp³-hybridized carbons (Fsp3) is 0.208. The number of nitrogens with zero attached hydrogens (tertiary/aromatic N) is 3. The van der Waals surface area contributed by atoms with Crippen LogP contribution in [-0.4, -0.2) is 34.3 Å². The van der Waals surface area contributed by atoms with E-state index in [0.29, 0.717) is 28.4 Å². The minimum atomic E-state index is -0.302. The molecule has 0 aliphatic heterocycles. The molecule has 2 heterocycles. The molecule has 4 aromatic rings. The van der Waals surface area contributed by atoms with Crippen molar-refractivity contribution >= 4 is 17.1 Å². The van der Waals surface area contributed by atoms with Gasteiger partial charge in [-0.1, -0.05) is 19.1 Å². The fourth-order valence-corrected chi connectivity index (χ4v) is 3.51. The monoisotopic (exact) mass is 432 g/mol. The number of rotatable bonds is 7. The van der Waals surface area contributed by atoms with Crippen LogP contribution >= 0.6 is 0 Å². The van der Waals surface area contributed by atoms with E-state index in [0.717, 1.165) is 17.5 Å². The molecule has 0 saturated heterocycles. The minimum absolute atomic E-state index is 0.0947. The lowest BCUT2D eigenvalue weighted by molar-refractivity contribution is -0.116. The van der Waals surface area contributed by atoms with Gasteiger partial charge in [-0.2, -0.15) is 5.10 Å². The summed E-state index contributed by atoms with van der Waals surface area (Å²) in [6.45, 7) is 1.96. The van der Waals surface area contributed by atoms with Crippen LogP contribution in [0.15, 0.2) is 65.7 Å². The van der Waals surface area contributed by atoms with Crippen molar-refractivity contribution in [3.63, 3.8) is 0 Å². The lowest BCUT2D eigenvalue weighted by Crippen LogP contribution is -2.28. The van der Waals surface area contributed by atoms with Crippen LogP contribution in [0.2, 0.25) is 0 Å². The van der Waals surface area contributed by atoms with Crippen LogP contribution in [0.3, 0.4) is 0 Å². The van der Waals surface area contributed by atoms with Crippen molar-refractivity contribution in [2.75, 3.05) is 19.5 Å². The van der Waals surface area contributed by atoms with Gasteiger partial charge in [0.25, 0.3) is 5.56 Å². The zero-order chi connectivity index (χ0) is 22.7. The van der Waals surface area contributed by atoms with Gasteiger partial charge in [-0.3, -0.25) is 9.59 Å². The van der Waals surface area contributed by atoms with Gasteiger partial charge in [0.2, 0.25) is 5.91 Å². The number of benzene rings is 2. The summed E-state index contributed by atoms with van der Waals surface area (Å²) in [5.74, 6) is 0.908. The number of ether oxygens (including phenoxy) is 2. The first kappa shape index (κ1) is 21.2. The zero-order valence-corrected chi connectivity index (χ0v) is 18.2. The molecule has 1 amide bonds. The Labute approximate surface area is 185 Å². The summed E-state index contributed by atoms with van der Waals surface area (Å²) < 4.78 is 13.5. The smallest absolute Gasteiger partial charge is 0.277 e. The highest BCUT2D eigenvalue weighted by Gasteiger charge is 2.13. The molecular weight excluding hydrogens is 408 g/mol. The summed E-state index contributed by atoms with van der Waals surface area (Å²) in [7, 11) is 3.13. The number of methoxy groups -OCH3 is 2. The molecule has 0 spiro atoms. The molecule has 8 nitrogen and oxygen atoms in total. The van der Waals surface area contributed by atoms with Crippen molar-refractivity contribution in [2.45, 2.75) is 19.9 Å². The van der Waals surface area contributed by atoms with E-state index >= 15 is 0 Å². The number of carbonyl (C=O) groups is 1. The molecule has 0 saturated carbocycles. The summed E-state index contributed by atoms with van der Waals surface area (Å²) in [6.07, 6.45) is 4.10. The molecule has 0 unspecified atom stereocenters. The molecule has 1 N–H and O–H groups in total. The largest absolute Gasteiger partial charge is 0.493 e. The van der Waals surface area contributed by atoms with E-state index in [1.54, 1.807) is 44.8 Å². The fourth-order valence-electron chi connectivity index (χ4n) is 3.51. The molecular formula is C24H24N4O4. The quantitative estimate of drug-likeness (QED) is 0.484. The highest BCUT2D eigenvalue weighted by Crippen LogP contribution is 2.31. The number of carbonyl (C=O) groups excluding carboxylic acids is 1. The normalized spacial score (nSPS) is 10.8. The molecule has 0 radical (unpaired) electrons. The maximum atomic E-state index is 13.0. The molecule has 0 bridgehead atoms. The van der Waals surface area contributed by atoms with E-state index in [2.05, 4.69) is 17.3 Å². The second-order valence-electron chi connectivity index (χ2n) is 7.26. The zero-order valence-electron chi connectivity index (χ0n) is 18.2. The van der Waals surface area contributed by atoms with Crippen LogP contribution in [0.1, 0.15) is 12.5 Å². The van der Waals surface area contributed by atoms with Gasteiger partial charge in [0.05, 0.1) is 19.9 Å². The van der Waals surface area contributed by atoms with Crippen molar-refractivity contribution in [1.29, 1.82) is 0 Å². The topological polar surface area (TPSA) is 86.9 Å². The first-order chi connectivity index (χ1) is 15.5. The van der Waals surface area contributed by atoms with Crippen molar-refractivity contribution in [3.05, 3.63) is 76.8 Å². The highest BCUT2D eigenvalue weighted by molar-refractivity contribution is 5.90. The number of hydrogen-bond donors (Lipinski definition) is 1. The Balaban J connectivity index is 1.59.